The quantitative estimate of drug-likeness (QED) is 0.347. The van der Waals surface area contributed by atoms with E-state index in [1.807, 2.05) is 43.3 Å². The Kier molecular flexibility index (Phi) is 7.81. The molecule has 2 fully saturated rings. The lowest BCUT2D eigenvalue weighted by Crippen LogP contribution is -2.45. The molecule has 0 radical (unpaired) electrons. The lowest BCUT2D eigenvalue weighted by Gasteiger charge is -2.23. The Bertz CT molecular complexity index is 1810. The minimum absolute atomic E-state index is 0.155. The monoisotopic (exact) mass is 622 g/mol. The molecule has 3 aromatic carbocycles. The average molecular weight is 623 g/mol. The van der Waals surface area contributed by atoms with E-state index in [2.05, 4.69) is 15.8 Å². The molecule has 4 aromatic rings. The van der Waals surface area contributed by atoms with Gasteiger partial charge in [-0.2, -0.15) is 0 Å². The Hall–Kier alpha value is -5.32. The van der Waals surface area contributed by atoms with Gasteiger partial charge in [-0.15, -0.1) is 0 Å². The second-order valence-corrected chi connectivity index (χ2v) is 11.9. The van der Waals surface area contributed by atoms with E-state index in [0.717, 1.165) is 40.8 Å². The molecule has 3 aliphatic heterocycles. The number of likely N-dealkylation sites (tertiary alicyclic amines) is 1. The van der Waals surface area contributed by atoms with Crippen LogP contribution in [0.15, 0.2) is 71.3 Å². The van der Waals surface area contributed by atoms with Gasteiger partial charge in [-0.3, -0.25) is 14.4 Å². The molecule has 0 unspecified atom stereocenters. The topological polar surface area (TPSA) is 132 Å². The molecular formula is C35H34N4O7. The van der Waals surface area contributed by atoms with Gasteiger partial charge in [-0.25, -0.2) is 0 Å². The molecule has 2 atom stereocenters. The number of hydrogen-bond donors (Lipinski definition) is 2. The molecule has 236 valence electrons. The van der Waals surface area contributed by atoms with Crippen molar-refractivity contribution < 1.29 is 33.1 Å². The van der Waals surface area contributed by atoms with Crippen molar-refractivity contribution in [1.82, 2.24) is 20.7 Å². The van der Waals surface area contributed by atoms with Crippen molar-refractivity contribution in [1.29, 1.82) is 0 Å². The molecule has 1 saturated heterocycles. The van der Waals surface area contributed by atoms with Crippen molar-refractivity contribution in [3.63, 3.8) is 0 Å². The number of benzene rings is 3. The van der Waals surface area contributed by atoms with Crippen molar-refractivity contribution in [2.24, 2.45) is 0 Å². The second-order valence-electron chi connectivity index (χ2n) is 11.9. The molecule has 11 heteroatoms. The zero-order valence-corrected chi connectivity index (χ0v) is 25.6. The van der Waals surface area contributed by atoms with Crippen molar-refractivity contribution in [2.45, 2.75) is 44.4 Å². The van der Waals surface area contributed by atoms with E-state index >= 15 is 0 Å². The number of rotatable bonds is 3. The molecule has 1 aromatic heterocycles. The number of methoxy groups -OCH3 is 1. The Balaban J connectivity index is 1.22. The van der Waals surface area contributed by atoms with Crippen LogP contribution in [0.3, 0.4) is 0 Å². The summed E-state index contributed by atoms with van der Waals surface area (Å²) in [6.07, 6.45) is 1.49. The van der Waals surface area contributed by atoms with Gasteiger partial charge in [0.25, 0.3) is 17.7 Å². The molecule has 8 rings (SSSR count). The highest BCUT2D eigenvalue weighted by molar-refractivity contribution is 5.96. The number of amides is 3. The molecule has 0 spiro atoms. The Morgan fingerprint density at radius 1 is 1.00 bits per heavy atom. The van der Waals surface area contributed by atoms with E-state index in [9.17, 15) is 14.4 Å². The Morgan fingerprint density at radius 3 is 2.70 bits per heavy atom. The summed E-state index contributed by atoms with van der Waals surface area (Å²) < 4.78 is 23.3. The fraction of sp³-hybridized carbons (Fsp3) is 0.314. The van der Waals surface area contributed by atoms with Gasteiger partial charge in [0.15, 0.2) is 18.1 Å². The van der Waals surface area contributed by atoms with E-state index in [0.29, 0.717) is 28.7 Å². The summed E-state index contributed by atoms with van der Waals surface area (Å²) >= 11 is 0. The number of carbonyl (C=O) groups excluding carboxylic acids is 3. The maximum Gasteiger partial charge on any atom is 0.292 e. The van der Waals surface area contributed by atoms with Crippen molar-refractivity contribution >= 4 is 17.7 Å². The van der Waals surface area contributed by atoms with Gasteiger partial charge < -0.3 is 34.3 Å². The molecule has 2 N–H and O–H groups in total. The van der Waals surface area contributed by atoms with Gasteiger partial charge in [0.1, 0.15) is 11.9 Å². The van der Waals surface area contributed by atoms with Gasteiger partial charge in [-0.05, 0) is 78.4 Å². The maximum atomic E-state index is 13.8. The molecular weight excluding hydrogens is 588 g/mol. The molecule has 4 aliphatic rings. The fourth-order valence-electron chi connectivity index (χ4n) is 5.88. The first kappa shape index (κ1) is 29.4. The van der Waals surface area contributed by atoms with Crippen molar-refractivity contribution in [2.75, 3.05) is 26.8 Å². The SMILES string of the molecule is COc1cc2ccc1O[C@H]1CN(C(=O)c3cc(C4CC4)no3)C[C@@H]1NC(=O)c1ccc(C)c(c1)-c1cccc(c1)OCC(=O)NC2. The molecule has 4 heterocycles. The van der Waals surface area contributed by atoms with Crippen molar-refractivity contribution in [3.8, 4) is 28.4 Å². The van der Waals surface area contributed by atoms with E-state index in [1.54, 1.807) is 35.2 Å². The number of hydrogen-bond acceptors (Lipinski definition) is 8. The normalized spacial score (nSPS) is 19.7. The third-order valence-electron chi connectivity index (χ3n) is 8.62. The number of aryl methyl sites for hydroxylation is 1. The van der Waals surface area contributed by atoms with Crippen LogP contribution < -0.4 is 24.8 Å². The summed E-state index contributed by atoms with van der Waals surface area (Å²) in [6.45, 7) is 2.49. The van der Waals surface area contributed by atoms with Crippen LogP contribution in [0.4, 0.5) is 0 Å². The molecule has 1 aliphatic carbocycles. The molecule has 3 amide bonds. The fourth-order valence-corrected chi connectivity index (χ4v) is 5.88. The molecule has 11 nitrogen and oxygen atoms in total. The highest BCUT2D eigenvalue weighted by Gasteiger charge is 2.40. The standard InChI is InChI=1S/C35H34N4O7/c1-20-6-8-24-14-26(20)23-4-3-5-25(13-23)44-19-33(40)36-16-21-7-11-29(30(12-21)43-2)45-32-18-39(17-28(32)37-34(24)41)35(42)31-15-27(38-46-31)22-9-10-22/h3-8,11-15,22,28,32H,9-10,16-19H2,1-2H3,(H,36,40)(H,37,41)/t28-,32-/m0/s1. The summed E-state index contributed by atoms with van der Waals surface area (Å²) in [5.74, 6) is 1.07. The number of fused-ring (bicyclic) bond motifs is 7. The van der Waals surface area contributed by atoms with Crippen LogP contribution in [0.25, 0.3) is 11.1 Å². The Labute approximate surface area is 265 Å². The van der Waals surface area contributed by atoms with E-state index in [-0.39, 0.29) is 49.7 Å². The third-order valence-corrected chi connectivity index (χ3v) is 8.62. The summed E-state index contributed by atoms with van der Waals surface area (Å²) in [4.78, 5) is 41.5. The zero-order valence-electron chi connectivity index (χ0n) is 25.6. The van der Waals surface area contributed by atoms with Gasteiger partial charge in [0, 0.05) is 30.6 Å². The maximum absolute atomic E-state index is 13.8. The first-order valence-corrected chi connectivity index (χ1v) is 15.4. The minimum Gasteiger partial charge on any atom is -0.493 e. The minimum atomic E-state index is -0.595. The van der Waals surface area contributed by atoms with Gasteiger partial charge in [-0.1, -0.05) is 29.4 Å². The first-order chi connectivity index (χ1) is 22.3. The smallest absolute Gasteiger partial charge is 0.292 e. The molecule has 1 saturated carbocycles. The van der Waals surface area contributed by atoms with Crippen LogP contribution in [0.5, 0.6) is 17.2 Å². The van der Waals surface area contributed by atoms with Crippen LogP contribution in [0.2, 0.25) is 0 Å². The predicted molar refractivity (Wildman–Crippen MR) is 167 cm³/mol. The lowest BCUT2D eigenvalue weighted by molar-refractivity contribution is -0.123. The van der Waals surface area contributed by atoms with Crippen LogP contribution in [-0.4, -0.2) is 66.7 Å². The van der Waals surface area contributed by atoms with Crippen LogP contribution >= 0.6 is 0 Å². The van der Waals surface area contributed by atoms with Gasteiger partial charge in [0.05, 0.1) is 25.4 Å². The summed E-state index contributed by atoms with van der Waals surface area (Å²) in [7, 11) is 1.53. The van der Waals surface area contributed by atoms with Gasteiger partial charge in [0.2, 0.25) is 5.76 Å². The highest BCUT2D eigenvalue weighted by atomic mass is 16.5. The predicted octanol–water partition coefficient (Wildman–Crippen LogP) is 4.25. The van der Waals surface area contributed by atoms with Gasteiger partial charge >= 0.3 is 0 Å². The van der Waals surface area contributed by atoms with Crippen molar-refractivity contribution in [3.05, 3.63) is 94.9 Å². The second kappa shape index (κ2) is 12.2. The zero-order chi connectivity index (χ0) is 31.8. The van der Waals surface area contributed by atoms with E-state index in [4.69, 9.17) is 18.7 Å². The molecule has 46 heavy (non-hydrogen) atoms. The summed E-state index contributed by atoms with van der Waals surface area (Å²) in [5.41, 5.74) is 4.73. The van der Waals surface area contributed by atoms with Crippen LogP contribution in [0, 0.1) is 6.92 Å². The third kappa shape index (κ3) is 6.13. The van der Waals surface area contributed by atoms with E-state index < -0.39 is 12.1 Å². The van der Waals surface area contributed by atoms with E-state index in [1.165, 1.54) is 7.11 Å². The molecule has 6 bridgehead atoms. The summed E-state index contributed by atoms with van der Waals surface area (Å²) in [5, 5.41) is 10.1. The largest absolute Gasteiger partial charge is 0.493 e. The van der Waals surface area contributed by atoms with Crippen LogP contribution in [0.1, 0.15) is 56.5 Å². The highest BCUT2D eigenvalue weighted by Crippen LogP contribution is 2.39. The lowest BCUT2D eigenvalue weighted by atomic mass is 9.97. The Morgan fingerprint density at radius 2 is 1.87 bits per heavy atom. The first-order valence-electron chi connectivity index (χ1n) is 15.4. The van der Waals surface area contributed by atoms with Crippen LogP contribution in [-0.2, 0) is 11.3 Å². The number of ether oxygens (including phenoxy) is 3. The number of aromatic nitrogens is 1. The average Bonchev–Trinajstić information content (AvgIpc) is 3.67. The number of nitrogens with zero attached hydrogens (tertiary/aromatic N) is 2. The summed E-state index contributed by atoms with van der Waals surface area (Å²) in [6, 6.07) is 19.5. The number of nitrogens with one attached hydrogen (secondary N) is 2. The number of carbonyl (C=O) groups is 3.